The second kappa shape index (κ2) is 8.65. The molecule has 150 valence electrons. The lowest BCUT2D eigenvalue weighted by molar-refractivity contribution is 0.0759. The SMILES string of the molecule is COc1cc(OC)c(C2SCCN2C(=O)c2cccc(N(C)C)c2)cc1OC. The van der Waals surface area contributed by atoms with E-state index in [0.717, 1.165) is 17.0 Å². The summed E-state index contributed by atoms with van der Waals surface area (Å²) in [5.74, 6) is 2.77. The van der Waals surface area contributed by atoms with Gasteiger partial charge in [0.2, 0.25) is 0 Å². The molecule has 0 bridgehead atoms. The number of carbonyl (C=O) groups excluding carboxylic acids is 1. The molecule has 0 aromatic heterocycles. The van der Waals surface area contributed by atoms with Gasteiger partial charge in [-0.05, 0) is 24.3 Å². The van der Waals surface area contributed by atoms with E-state index >= 15 is 0 Å². The first-order valence-corrected chi connectivity index (χ1v) is 10.0. The molecule has 2 aromatic carbocycles. The van der Waals surface area contributed by atoms with E-state index in [-0.39, 0.29) is 11.3 Å². The highest BCUT2D eigenvalue weighted by Crippen LogP contribution is 2.46. The summed E-state index contributed by atoms with van der Waals surface area (Å²) in [6, 6.07) is 11.4. The number of carbonyl (C=O) groups is 1. The highest BCUT2D eigenvalue weighted by molar-refractivity contribution is 7.99. The number of amides is 1. The fourth-order valence-corrected chi connectivity index (χ4v) is 4.53. The highest BCUT2D eigenvalue weighted by atomic mass is 32.2. The van der Waals surface area contributed by atoms with Crippen LogP contribution >= 0.6 is 11.8 Å². The Bertz CT molecular complexity index is 856. The molecule has 28 heavy (non-hydrogen) atoms. The number of hydrogen-bond acceptors (Lipinski definition) is 6. The minimum Gasteiger partial charge on any atom is -0.496 e. The van der Waals surface area contributed by atoms with Crippen molar-refractivity contribution in [2.75, 3.05) is 52.6 Å². The van der Waals surface area contributed by atoms with E-state index in [1.165, 1.54) is 0 Å². The molecule has 1 aliphatic rings. The Balaban J connectivity index is 1.97. The third kappa shape index (κ3) is 3.85. The third-order valence-corrected chi connectivity index (χ3v) is 6.01. The maximum Gasteiger partial charge on any atom is 0.255 e. The van der Waals surface area contributed by atoms with Crippen molar-refractivity contribution < 1.29 is 19.0 Å². The van der Waals surface area contributed by atoms with Crippen LogP contribution in [0.25, 0.3) is 0 Å². The van der Waals surface area contributed by atoms with Crippen LogP contribution in [0.4, 0.5) is 5.69 Å². The van der Waals surface area contributed by atoms with Crippen molar-refractivity contribution in [2.45, 2.75) is 5.37 Å². The van der Waals surface area contributed by atoms with Crippen LogP contribution in [0.15, 0.2) is 36.4 Å². The molecular formula is C21H26N2O4S. The van der Waals surface area contributed by atoms with Crippen LogP contribution in [-0.4, -0.2) is 58.5 Å². The van der Waals surface area contributed by atoms with Gasteiger partial charge < -0.3 is 24.0 Å². The van der Waals surface area contributed by atoms with Crippen LogP contribution in [0.1, 0.15) is 21.3 Å². The van der Waals surface area contributed by atoms with Crippen LogP contribution in [0.3, 0.4) is 0 Å². The molecular weight excluding hydrogens is 376 g/mol. The standard InChI is InChI=1S/C21H26N2O4S/c1-22(2)15-8-6-7-14(11-15)20(24)23-9-10-28-21(23)16-12-18(26-4)19(27-5)13-17(16)25-3/h6-8,11-13,21H,9-10H2,1-5H3. The molecule has 3 rings (SSSR count). The fourth-order valence-electron chi connectivity index (χ4n) is 3.26. The molecule has 0 spiro atoms. The lowest BCUT2D eigenvalue weighted by atomic mass is 10.1. The average molecular weight is 403 g/mol. The van der Waals surface area contributed by atoms with Gasteiger partial charge in [0.05, 0.1) is 21.3 Å². The van der Waals surface area contributed by atoms with Gasteiger partial charge in [-0.25, -0.2) is 0 Å². The van der Waals surface area contributed by atoms with Crippen molar-refractivity contribution in [3.05, 3.63) is 47.5 Å². The van der Waals surface area contributed by atoms with Crippen LogP contribution < -0.4 is 19.1 Å². The van der Waals surface area contributed by atoms with Crippen LogP contribution in [0, 0.1) is 0 Å². The quantitative estimate of drug-likeness (QED) is 0.735. The second-order valence-corrected chi connectivity index (χ2v) is 7.80. The fraction of sp³-hybridized carbons (Fsp3) is 0.381. The minimum atomic E-state index is -0.148. The molecule has 6 nitrogen and oxygen atoms in total. The molecule has 2 aromatic rings. The van der Waals surface area contributed by atoms with Crippen molar-refractivity contribution in [3.8, 4) is 17.2 Å². The maximum absolute atomic E-state index is 13.3. The third-order valence-electron chi connectivity index (χ3n) is 4.76. The summed E-state index contributed by atoms with van der Waals surface area (Å²) >= 11 is 1.72. The largest absolute Gasteiger partial charge is 0.496 e. The van der Waals surface area contributed by atoms with Crippen molar-refractivity contribution >= 4 is 23.4 Å². The Hall–Kier alpha value is -2.54. The molecule has 0 saturated carbocycles. The topological polar surface area (TPSA) is 51.2 Å². The van der Waals surface area contributed by atoms with Gasteiger partial charge in [0, 0.05) is 49.3 Å². The van der Waals surface area contributed by atoms with Gasteiger partial charge in [-0.2, -0.15) is 0 Å². The van der Waals surface area contributed by atoms with E-state index in [4.69, 9.17) is 14.2 Å². The summed E-state index contributed by atoms with van der Waals surface area (Å²) in [7, 11) is 8.75. The summed E-state index contributed by atoms with van der Waals surface area (Å²) < 4.78 is 16.4. The molecule has 1 amide bonds. The van der Waals surface area contributed by atoms with E-state index < -0.39 is 0 Å². The zero-order chi connectivity index (χ0) is 20.3. The summed E-state index contributed by atoms with van der Waals surface area (Å²) in [5, 5.41) is -0.148. The lowest BCUT2D eigenvalue weighted by Gasteiger charge is -2.26. The minimum absolute atomic E-state index is 0.00976. The highest BCUT2D eigenvalue weighted by Gasteiger charge is 2.34. The van der Waals surface area contributed by atoms with Crippen LogP contribution in [0.5, 0.6) is 17.2 Å². The Morgan fingerprint density at radius 1 is 1.04 bits per heavy atom. The number of hydrogen-bond donors (Lipinski definition) is 0. The normalized spacial score (nSPS) is 16.0. The summed E-state index contributed by atoms with van der Waals surface area (Å²) in [6.07, 6.45) is 0. The van der Waals surface area contributed by atoms with Gasteiger partial charge in [0.1, 0.15) is 11.1 Å². The van der Waals surface area contributed by atoms with Crippen molar-refractivity contribution in [1.29, 1.82) is 0 Å². The number of ether oxygens (including phenoxy) is 3. The van der Waals surface area contributed by atoms with E-state index in [0.29, 0.717) is 29.4 Å². The Morgan fingerprint density at radius 3 is 2.36 bits per heavy atom. The summed E-state index contributed by atoms with van der Waals surface area (Å²) in [4.78, 5) is 17.2. The van der Waals surface area contributed by atoms with E-state index in [2.05, 4.69) is 0 Å². The predicted molar refractivity (Wildman–Crippen MR) is 113 cm³/mol. The maximum atomic E-state index is 13.3. The van der Waals surface area contributed by atoms with Gasteiger partial charge >= 0.3 is 0 Å². The lowest BCUT2D eigenvalue weighted by Crippen LogP contribution is -2.30. The molecule has 1 fully saturated rings. The molecule has 0 radical (unpaired) electrons. The molecule has 1 saturated heterocycles. The Labute approximate surface area is 170 Å². The van der Waals surface area contributed by atoms with Gasteiger partial charge in [-0.15, -0.1) is 11.8 Å². The zero-order valence-corrected chi connectivity index (χ0v) is 17.7. The zero-order valence-electron chi connectivity index (χ0n) is 16.9. The number of rotatable bonds is 6. The predicted octanol–water partition coefficient (Wildman–Crippen LogP) is 3.67. The number of nitrogens with zero attached hydrogens (tertiary/aromatic N) is 2. The molecule has 0 aliphatic carbocycles. The van der Waals surface area contributed by atoms with E-state index in [1.54, 1.807) is 33.1 Å². The Kier molecular flexibility index (Phi) is 6.24. The number of methoxy groups -OCH3 is 3. The van der Waals surface area contributed by atoms with Crippen molar-refractivity contribution in [3.63, 3.8) is 0 Å². The number of benzene rings is 2. The smallest absolute Gasteiger partial charge is 0.255 e. The number of thioether (sulfide) groups is 1. The molecule has 0 N–H and O–H groups in total. The Morgan fingerprint density at radius 2 is 1.71 bits per heavy atom. The summed E-state index contributed by atoms with van der Waals surface area (Å²) in [6.45, 7) is 0.678. The van der Waals surface area contributed by atoms with E-state index in [9.17, 15) is 4.79 Å². The molecule has 1 aliphatic heterocycles. The van der Waals surface area contributed by atoms with Crippen molar-refractivity contribution in [2.24, 2.45) is 0 Å². The molecule has 1 unspecified atom stereocenters. The summed E-state index contributed by atoms with van der Waals surface area (Å²) in [5.41, 5.74) is 2.58. The van der Waals surface area contributed by atoms with Gasteiger partial charge in [0.15, 0.2) is 11.5 Å². The van der Waals surface area contributed by atoms with Crippen LogP contribution in [-0.2, 0) is 0 Å². The van der Waals surface area contributed by atoms with Gasteiger partial charge in [-0.1, -0.05) is 6.07 Å². The molecule has 7 heteroatoms. The molecule has 1 heterocycles. The van der Waals surface area contributed by atoms with Crippen molar-refractivity contribution in [1.82, 2.24) is 4.90 Å². The first-order chi connectivity index (χ1) is 13.5. The van der Waals surface area contributed by atoms with E-state index in [1.807, 2.05) is 60.3 Å². The van der Waals surface area contributed by atoms with Crippen LogP contribution in [0.2, 0.25) is 0 Å². The number of anilines is 1. The first kappa shape index (κ1) is 20.2. The monoisotopic (exact) mass is 402 g/mol. The second-order valence-electron chi connectivity index (χ2n) is 6.62. The average Bonchev–Trinajstić information content (AvgIpc) is 3.21. The van der Waals surface area contributed by atoms with Gasteiger partial charge in [0.25, 0.3) is 5.91 Å². The molecule has 1 atom stereocenters. The first-order valence-electron chi connectivity index (χ1n) is 9.00. The van der Waals surface area contributed by atoms with Gasteiger partial charge in [-0.3, -0.25) is 4.79 Å².